The number of rotatable bonds is 2. The van der Waals surface area contributed by atoms with Crippen LogP contribution in [0.15, 0.2) is 62.5 Å². The lowest BCUT2D eigenvalue weighted by molar-refractivity contribution is -0.144. The third-order valence-corrected chi connectivity index (χ3v) is 4.89. The zero-order valence-corrected chi connectivity index (χ0v) is 15.9. The number of furan rings is 1. The fraction of sp³-hybridized carbons (Fsp3) is 0.100. The molecular weight excluding hydrogens is 428 g/mol. The van der Waals surface area contributed by atoms with Crippen molar-refractivity contribution in [2.75, 3.05) is 0 Å². The van der Waals surface area contributed by atoms with E-state index >= 15 is 0 Å². The van der Waals surface area contributed by atoms with Crippen molar-refractivity contribution < 1.29 is 22.0 Å². The molecule has 2 aromatic heterocycles. The molecule has 0 bridgehead atoms. The minimum atomic E-state index is -4.94. The molecule has 0 saturated heterocycles. The Kier molecular flexibility index (Phi) is 4.58. The molecule has 0 atom stereocenters. The summed E-state index contributed by atoms with van der Waals surface area (Å²) >= 11 is 6.10. The van der Waals surface area contributed by atoms with E-state index < -0.39 is 34.6 Å². The first-order valence-electron chi connectivity index (χ1n) is 8.47. The van der Waals surface area contributed by atoms with E-state index in [0.717, 1.165) is 13.1 Å². The topological polar surface area (TPSA) is 57.1 Å². The molecule has 0 aliphatic carbocycles. The van der Waals surface area contributed by atoms with Gasteiger partial charge in [0, 0.05) is 24.1 Å². The monoisotopic (exact) mass is 438 g/mol. The molecule has 0 aliphatic rings. The van der Waals surface area contributed by atoms with Crippen LogP contribution < -0.4 is 11.2 Å². The largest absolute Gasteiger partial charge is 0.454 e. The van der Waals surface area contributed by atoms with Gasteiger partial charge in [0.05, 0.1) is 5.02 Å². The normalized spacial score (nSPS) is 11.9. The molecule has 4 aromatic rings. The van der Waals surface area contributed by atoms with Crippen molar-refractivity contribution in [2.45, 2.75) is 6.18 Å². The Bertz CT molecular complexity index is 1400. The number of hydrogen-bond donors (Lipinski definition) is 0. The van der Waals surface area contributed by atoms with Gasteiger partial charge in [0.25, 0.3) is 5.56 Å². The molecular formula is C20H11ClF4N2O3. The van der Waals surface area contributed by atoms with E-state index in [1.807, 2.05) is 0 Å². The first-order valence-corrected chi connectivity index (χ1v) is 8.85. The zero-order chi connectivity index (χ0) is 21.8. The summed E-state index contributed by atoms with van der Waals surface area (Å²) in [6.45, 7) is 0. The van der Waals surface area contributed by atoms with E-state index in [4.69, 9.17) is 16.0 Å². The van der Waals surface area contributed by atoms with Crippen molar-refractivity contribution >= 4 is 22.6 Å². The van der Waals surface area contributed by atoms with Crippen molar-refractivity contribution in [1.29, 1.82) is 0 Å². The predicted molar refractivity (Wildman–Crippen MR) is 102 cm³/mol. The molecule has 5 nitrogen and oxygen atoms in total. The van der Waals surface area contributed by atoms with Crippen LogP contribution >= 0.6 is 11.6 Å². The van der Waals surface area contributed by atoms with E-state index in [2.05, 4.69) is 0 Å². The molecule has 0 aliphatic heterocycles. The molecule has 10 heteroatoms. The summed E-state index contributed by atoms with van der Waals surface area (Å²) in [4.78, 5) is 25.0. The molecule has 4 rings (SSSR count). The predicted octanol–water partition coefficient (Wildman–Crippen LogP) is 4.76. The second-order valence-corrected chi connectivity index (χ2v) is 6.86. The molecule has 0 spiro atoms. The van der Waals surface area contributed by atoms with Crippen molar-refractivity contribution in [3.8, 4) is 17.0 Å². The van der Waals surface area contributed by atoms with Crippen LogP contribution in [0.4, 0.5) is 17.6 Å². The van der Waals surface area contributed by atoms with Crippen LogP contribution in [0.1, 0.15) is 5.69 Å². The van der Waals surface area contributed by atoms with Gasteiger partial charge in [-0.25, -0.2) is 13.8 Å². The van der Waals surface area contributed by atoms with Crippen LogP contribution in [0.3, 0.4) is 0 Å². The summed E-state index contributed by atoms with van der Waals surface area (Å²) in [6, 6.07) is 11.3. The second-order valence-electron chi connectivity index (χ2n) is 6.45. The number of halogens is 5. The SMILES string of the molecule is Cn1c(C(F)(F)F)cc(=O)n(-c2c(F)cc(Cl)c3cc(-c4ccccc4)oc23)c1=O. The summed E-state index contributed by atoms with van der Waals surface area (Å²) in [5.41, 5.74) is -4.43. The van der Waals surface area contributed by atoms with Crippen LogP contribution in [0.5, 0.6) is 0 Å². The third-order valence-electron chi connectivity index (χ3n) is 4.58. The number of hydrogen-bond acceptors (Lipinski definition) is 3. The molecule has 2 heterocycles. The van der Waals surface area contributed by atoms with Gasteiger partial charge in [0.2, 0.25) is 0 Å². The van der Waals surface area contributed by atoms with E-state index in [1.54, 1.807) is 30.3 Å². The number of alkyl halides is 3. The minimum Gasteiger partial charge on any atom is -0.454 e. The van der Waals surface area contributed by atoms with Gasteiger partial charge in [0.1, 0.15) is 17.1 Å². The van der Waals surface area contributed by atoms with Gasteiger partial charge in [0.15, 0.2) is 11.4 Å². The van der Waals surface area contributed by atoms with Crippen LogP contribution in [0, 0.1) is 5.82 Å². The van der Waals surface area contributed by atoms with Crippen LogP contribution in [-0.2, 0) is 13.2 Å². The van der Waals surface area contributed by atoms with Crippen LogP contribution in [-0.4, -0.2) is 9.13 Å². The van der Waals surface area contributed by atoms with Crippen LogP contribution in [0.25, 0.3) is 28.0 Å². The standard InChI is InChI=1S/C20H11ClF4N2O3/c1-26-15(20(23,24)25)9-16(28)27(19(26)29)17-13(22)8-12(21)11-7-14(30-18(11)17)10-5-3-2-4-6-10/h2-9H,1H3. The Morgan fingerprint density at radius 3 is 2.33 bits per heavy atom. The quantitative estimate of drug-likeness (QED) is 0.424. The van der Waals surface area contributed by atoms with Gasteiger partial charge in [-0.3, -0.25) is 9.36 Å². The highest BCUT2D eigenvalue weighted by Gasteiger charge is 2.35. The molecule has 154 valence electrons. The van der Waals surface area contributed by atoms with Crippen molar-refractivity contribution in [3.05, 3.63) is 85.9 Å². The van der Waals surface area contributed by atoms with Gasteiger partial charge >= 0.3 is 11.9 Å². The van der Waals surface area contributed by atoms with Crippen LogP contribution in [0.2, 0.25) is 5.02 Å². The fourth-order valence-electron chi connectivity index (χ4n) is 3.17. The van der Waals surface area contributed by atoms with E-state index in [1.165, 1.54) is 6.07 Å². The van der Waals surface area contributed by atoms with Gasteiger partial charge in [-0.1, -0.05) is 41.9 Å². The summed E-state index contributed by atoms with van der Waals surface area (Å²) in [5, 5.41) is 0.148. The summed E-state index contributed by atoms with van der Waals surface area (Å²) in [6.07, 6.45) is -4.94. The maximum Gasteiger partial charge on any atom is 0.431 e. The maximum absolute atomic E-state index is 14.8. The molecule has 2 aromatic carbocycles. The highest BCUT2D eigenvalue weighted by atomic mass is 35.5. The lowest BCUT2D eigenvalue weighted by atomic mass is 10.1. The molecule has 0 N–H and O–H groups in total. The molecule has 0 unspecified atom stereocenters. The Hall–Kier alpha value is -3.33. The zero-order valence-electron chi connectivity index (χ0n) is 15.1. The van der Waals surface area contributed by atoms with Gasteiger partial charge < -0.3 is 4.42 Å². The van der Waals surface area contributed by atoms with E-state index in [-0.39, 0.29) is 32.4 Å². The molecule has 30 heavy (non-hydrogen) atoms. The minimum absolute atomic E-state index is 0.0473. The molecule has 0 amide bonds. The van der Waals surface area contributed by atoms with E-state index in [9.17, 15) is 27.2 Å². The smallest absolute Gasteiger partial charge is 0.431 e. The Morgan fingerprint density at radius 2 is 1.70 bits per heavy atom. The van der Waals surface area contributed by atoms with Gasteiger partial charge in [-0.05, 0) is 12.1 Å². The highest BCUT2D eigenvalue weighted by Crippen LogP contribution is 2.36. The molecule has 0 fully saturated rings. The van der Waals surface area contributed by atoms with Crippen molar-refractivity contribution in [1.82, 2.24) is 9.13 Å². The lowest BCUT2D eigenvalue weighted by Crippen LogP contribution is -2.41. The van der Waals surface area contributed by atoms with Gasteiger partial charge in [-0.15, -0.1) is 0 Å². The summed E-state index contributed by atoms with van der Waals surface area (Å²) in [5.74, 6) is -0.823. The number of nitrogens with zero attached hydrogens (tertiary/aromatic N) is 2. The van der Waals surface area contributed by atoms with Crippen molar-refractivity contribution in [2.24, 2.45) is 7.05 Å². The summed E-state index contributed by atoms with van der Waals surface area (Å²) in [7, 11) is 0.837. The fourth-order valence-corrected chi connectivity index (χ4v) is 3.40. The number of aromatic nitrogens is 2. The lowest BCUT2D eigenvalue weighted by Gasteiger charge is -2.14. The average Bonchev–Trinajstić information content (AvgIpc) is 3.12. The van der Waals surface area contributed by atoms with Crippen molar-refractivity contribution in [3.63, 3.8) is 0 Å². The first kappa shape index (κ1) is 20.0. The number of benzene rings is 2. The Labute approximate surface area is 170 Å². The molecule has 0 radical (unpaired) electrons. The maximum atomic E-state index is 14.8. The second kappa shape index (κ2) is 6.88. The van der Waals surface area contributed by atoms with E-state index in [0.29, 0.717) is 10.1 Å². The highest BCUT2D eigenvalue weighted by molar-refractivity contribution is 6.35. The van der Waals surface area contributed by atoms with Gasteiger partial charge in [-0.2, -0.15) is 13.2 Å². The first-order chi connectivity index (χ1) is 14.1. The average molecular weight is 439 g/mol. The third kappa shape index (κ3) is 3.11. The molecule has 0 saturated carbocycles. The number of fused-ring (bicyclic) bond motifs is 1. The Balaban J connectivity index is 2.08. The summed E-state index contributed by atoms with van der Waals surface area (Å²) < 4.78 is 60.3. The Morgan fingerprint density at radius 1 is 1.03 bits per heavy atom.